The van der Waals surface area contributed by atoms with Crippen molar-refractivity contribution in [3.63, 3.8) is 0 Å². The number of fused-ring (bicyclic) bond motifs is 1. The van der Waals surface area contributed by atoms with E-state index in [2.05, 4.69) is 35.1 Å². The van der Waals surface area contributed by atoms with Gasteiger partial charge in [0.25, 0.3) is 5.91 Å². The molecule has 142 valence electrons. The Balaban J connectivity index is 2.04. The van der Waals surface area contributed by atoms with E-state index in [1.165, 1.54) is 4.90 Å². The fourth-order valence-electron chi connectivity index (χ4n) is 2.72. The van der Waals surface area contributed by atoms with Gasteiger partial charge in [-0.3, -0.25) is 14.7 Å². The molecule has 1 amide bonds. The number of anilines is 2. The Bertz CT molecular complexity index is 999. The van der Waals surface area contributed by atoms with Gasteiger partial charge >= 0.3 is 0 Å². The van der Waals surface area contributed by atoms with Crippen molar-refractivity contribution in [1.29, 1.82) is 0 Å². The van der Waals surface area contributed by atoms with E-state index in [0.717, 1.165) is 29.2 Å². The summed E-state index contributed by atoms with van der Waals surface area (Å²) >= 11 is 7.32. The summed E-state index contributed by atoms with van der Waals surface area (Å²) in [5.41, 5.74) is 3.43. The number of rotatable bonds is 4. The van der Waals surface area contributed by atoms with Gasteiger partial charge in [0.1, 0.15) is 5.00 Å². The number of benzene rings is 1. The van der Waals surface area contributed by atoms with Crippen LogP contribution in [0.2, 0.25) is 5.02 Å². The molecule has 2 aromatic heterocycles. The summed E-state index contributed by atoms with van der Waals surface area (Å²) in [4.78, 5) is 22.6. The summed E-state index contributed by atoms with van der Waals surface area (Å²) in [7, 11) is 0. The number of aryl methyl sites for hydroxylation is 1. The Hall–Kier alpha value is -2.12. The van der Waals surface area contributed by atoms with E-state index in [0.29, 0.717) is 26.9 Å². The highest BCUT2D eigenvalue weighted by molar-refractivity contribution is 7.11. The molecule has 0 radical (unpaired) electrons. The number of hydrogen-bond donors (Lipinski definition) is 0. The lowest BCUT2D eigenvalue weighted by Gasteiger charge is -2.20. The van der Waals surface area contributed by atoms with Gasteiger partial charge in [0.15, 0.2) is 6.67 Å². The van der Waals surface area contributed by atoms with E-state index in [1.807, 2.05) is 0 Å². The van der Waals surface area contributed by atoms with Crippen LogP contribution in [-0.2, 0) is 11.2 Å². The van der Waals surface area contributed by atoms with Gasteiger partial charge in [0, 0.05) is 6.20 Å². The molecule has 1 aromatic carbocycles. The summed E-state index contributed by atoms with van der Waals surface area (Å²) in [6, 6.07) is 5.21. The Kier molecular flexibility index (Phi) is 5.44. The second kappa shape index (κ2) is 7.48. The fourth-order valence-corrected chi connectivity index (χ4v) is 3.84. The van der Waals surface area contributed by atoms with E-state index in [4.69, 9.17) is 11.6 Å². The summed E-state index contributed by atoms with van der Waals surface area (Å²) in [5.74, 6) is -0.711. The summed E-state index contributed by atoms with van der Waals surface area (Å²) < 4.78 is 17.3. The molecule has 0 fully saturated rings. The maximum absolute atomic E-state index is 13.2. The van der Waals surface area contributed by atoms with Gasteiger partial charge in [-0.25, -0.2) is 9.37 Å². The highest BCUT2D eigenvalue weighted by Gasteiger charge is 2.24. The number of carbonyl (C=O) groups is 1. The fraction of sp³-hybridized carbons (Fsp3) is 0.368. The Labute approximate surface area is 166 Å². The van der Waals surface area contributed by atoms with Crippen LogP contribution in [0.1, 0.15) is 32.2 Å². The maximum Gasteiger partial charge on any atom is 0.263 e. The van der Waals surface area contributed by atoms with E-state index in [1.54, 1.807) is 31.3 Å². The summed E-state index contributed by atoms with van der Waals surface area (Å²) in [6.07, 6.45) is 2.54. The largest absolute Gasteiger partial charge is 0.271 e. The quantitative estimate of drug-likeness (QED) is 0.592. The minimum atomic E-state index is -1.14. The van der Waals surface area contributed by atoms with Crippen molar-refractivity contribution in [3.05, 3.63) is 40.8 Å². The predicted octanol–water partition coefficient (Wildman–Crippen LogP) is 5.27. The van der Waals surface area contributed by atoms with E-state index in [-0.39, 0.29) is 5.41 Å². The first-order chi connectivity index (χ1) is 12.7. The first-order valence-corrected chi connectivity index (χ1v) is 9.61. The van der Waals surface area contributed by atoms with E-state index < -0.39 is 12.6 Å². The highest BCUT2D eigenvalue weighted by atomic mass is 35.5. The highest BCUT2D eigenvalue weighted by Crippen LogP contribution is 2.38. The molecular weight excluding hydrogens is 387 g/mol. The lowest BCUT2D eigenvalue weighted by atomic mass is 9.91. The van der Waals surface area contributed by atoms with Crippen molar-refractivity contribution in [1.82, 2.24) is 14.3 Å². The first-order valence-electron chi connectivity index (χ1n) is 8.46. The molecule has 0 bridgehead atoms. The van der Waals surface area contributed by atoms with Crippen LogP contribution in [-0.4, -0.2) is 26.9 Å². The van der Waals surface area contributed by atoms with Crippen LogP contribution < -0.4 is 4.90 Å². The Morgan fingerprint density at radius 3 is 2.63 bits per heavy atom. The van der Waals surface area contributed by atoms with Gasteiger partial charge in [-0.15, -0.1) is 0 Å². The minimum absolute atomic E-state index is 0.105. The number of hydrogen-bond acceptors (Lipinski definition) is 5. The third-order valence-electron chi connectivity index (χ3n) is 3.89. The van der Waals surface area contributed by atoms with Crippen LogP contribution in [0.25, 0.3) is 11.0 Å². The zero-order chi connectivity index (χ0) is 19.8. The molecular formula is C19H20ClFN4OS. The average Bonchev–Trinajstić information content (AvgIpc) is 2.93. The molecule has 0 unspecified atom stereocenters. The number of alkyl halides is 1. The predicted molar refractivity (Wildman–Crippen MR) is 108 cm³/mol. The SMILES string of the molecule is Cc1nsc(N(C(=O)CF)c2ccc3nc(CC(C)(C)C)cnc3c2)c1Cl. The molecule has 8 heteroatoms. The van der Waals surface area contributed by atoms with Gasteiger partial charge in [-0.1, -0.05) is 32.4 Å². The van der Waals surface area contributed by atoms with Crippen molar-refractivity contribution < 1.29 is 9.18 Å². The second-order valence-corrected chi connectivity index (χ2v) is 8.65. The standard InChI is InChI=1S/C19H20ClFN4OS/c1-11-17(20)18(27-24-11)25(16(26)9-21)13-5-6-14-15(7-13)22-10-12(23-14)8-19(2,3)4/h5-7,10H,8-9H2,1-4H3. The van der Waals surface area contributed by atoms with Gasteiger partial charge in [-0.2, -0.15) is 4.37 Å². The lowest BCUT2D eigenvalue weighted by Crippen LogP contribution is -2.26. The Morgan fingerprint density at radius 1 is 1.30 bits per heavy atom. The number of aromatic nitrogens is 3. The molecule has 0 aliphatic rings. The molecule has 0 saturated carbocycles. The minimum Gasteiger partial charge on any atom is -0.271 e. The van der Waals surface area contributed by atoms with Crippen molar-refractivity contribution >= 4 is 50.8 Å². The molecule has 3 rings (SSSR count). The lowest BCUT2D eigenvalue weighted by molar-refractivity contribution is -0.118. The molecule has 2 heterocycles. The zero-order valence-electron chi connectivity index (χ0n) is 15.6. The topological polar surface area (TPSA) is 59.0 Å². The van der Waals surface area contributed by atoms with Crippen LogP contribution >= 0.6 is 23.1 Å². The second-order valence-electron chi connectivity index (χ2n) is 7.52. The monoisotopic (exact) mass is 406 g/mol. The van der Waals surface area contributed by atoms with Gasteiger partial charge in [-0.05, 0) is 48.5 Å². The number of amides is 1. The maximum atomic E-state index is 13.2. The normalized spacial score (nSPS) is 11.8. The van der Waals surface area contributed by atoms with Crippen molar-refractivity contribution in [3.8, 4) is 0 Å². The van der Waals surface area contributed by atoms with Gasteiger partial charge in [0.05, 0.1) is 33.1 Å². The smallest absolute Gasteiger partial charge is 0.263 e. The van der Waals surface area contributed by atoms with Crippen molar-refractivity contribution in [2.24, 2.45) is 5.41 Å². The van der Waals surface area contributed by atoms with Crippen LogP contribution in [0.4, 0.5) is 15.1 Å². The summed E-state index contributed by atoms with van der Waals surface area (Å²) in [6.45, 7) is 7.03. The molecule has 0 saturated heterocycles. The molecule has 5 nitrogen and oxygen atoms in total. The van der Waals surface area contributed by atoms with Crippen LogP contribution in [0.5, 0.6) is 0 Å². The van der Waals surface area contributed by atoms with Crippen LogP contribution in [0.3, 0.4) is 0 Å². The first kappa shape index (κ1) is 19.6. The van der Waals surface area contributed by atoms with Gasteiger partial charge < -0.3 is 0 Å². The summed E-state index contributed by atoms with van der Waals surface area (Å²) in [5, 5.41) is 0.738. The number of halogens is 2. The van der Waals surface area contributed by atoms with Gasteiger partial charge in [0.2, 0.25) is 0 Å². The number of nitrogens with zero attached hydrogens (tertiary/aromatic N) is 4. The van der Waals surface area contributed by atoms with Crippen molar-refractivity contribution in [2.45, 2.75) is 34.1 Å². The molecule has 27 heavy (non-hydrogen) atoms. The molecule has 3 aromatic rings. The average molecular weight is 407 g/mol. The zero-order valence-corrected chi connectivity index (χ0v) is 17.2. The molecule has 0 spiro atoms. The van der Waals surface area contributed by atoms with Crippen LogP contribution in [0.15, 0.2) is 24.4 Å². The molecule has 0 atom stereocenters. The molecule has 0 aliphatic carbocycles. The number of carbonyl (C=O) groups excluding carboxylic acids is 1. The molecule has 0 N–H and O–H groups in total. The molecule has 0 aliphatic heterocycles. The van der Waals surface area contributed by atoms with Crippen molar-refractivity contribution in [2.75, 3.05) is 11.6 Å². The third-order valence-corrected chi connectivity index (χ3v) is 5.38. The third kappa shape index (κ3) is 4.25. The van der Waals surface area contributed by atoms with E-state index in [9.17, 15) is 9.18 Å². The van der Waals surface area contributed by atoms with E-state index >= 15 is 0 Å². The Morgan fingerprint density at radius 2 is 2.04 bits per heavy atom. The van der Waals surface area contributed by atoms with Crippen LogP contribution in [0, 0.1) is 12.3 Å².